The highest BCUT2D eigenvalue weighted by molar-refractivity contribution is 7.09. The summed E-state index contributed by atoms with van der Waals surface area (Å²) in [5.74, 6) is 0. The van der Waals surface area contributed by atoms with Crippen molar-refractivity contribution in [2.24, 2.45) is 0 Å². The van der Waals surface area contributed by atoms with Gasteiger partial charge >= 0.3 is 0 Å². The van der Waals surface area contributed by atoms with Crippen LogP contribution in [0.25, 0.3) is 0 Å². The molecule has 1 fully saturated rings. The molecule has 1 aromatic carbocycles. The SMILES string of the molecule is OC1CCN(c2ccccc2NCCc2cccs2)CC1. The van der Waals surface area contributed by atoms with Gasteiger partial charge in [-0.05, 0) is 42.8 Å². The number of thiophene rings is 1. The number of hydrogen-bond acceptors (Lipinski definition) is 4. The molecule has 0 unspecified atom stereocenters. The summed E-state index contributed by atoms with van der Waals surface area (Å²) in [4.78, 5) is 3.79. The van der Waals surface area contributed by atoms with Crippen molar-refractivity contribution in [3.05, 3.63) is 46.7 Å². The molecule has 0 amide bonds. The molecule has 4 heteroatoms. The number of anilines is 2. The van der Waals surface area contributed by atoms with Crippen LogP contribution in [0.4, 0.5) is 11.4 Å². The summed E-state index contributed by atoms with van der Waals surface area (Å²) in [5.41, 5.74) is 2.46. The Morgan fingerprint density at radius 2 is 1.95 bits per heavy atom. The van der Waals surface area contributed by atoms with Gasteiger partial charge < -0.3 is 15.3 Å². The zero-order valence-electron chi connectivity index (χ0n) is 12.2. The van der Waals surface area contributed by atoms with Crippen molar-refractivity contribution in [3.8, 4) is 0 Å². The van der Waals surface area contributed by atoms with Gasteiger partial charge in [0.25, 0.3) is 0 Å². The van der Waals surface area contributed by atoms with Gasteiger partial charge in [0.05, 0.1) is 17.5 Å². The molecular formula is C17H22N2OS. The lowest BCUT2D eigenvalue weighted by Gasteiger charge is -2.33. The number of nitrogens with zero attached hydrogens (tertiary/aromatic N) is 1. The Kier molecular flexibility index (Phi) is 4.78. The summed E-state index contributed by atoms with van der Waals surface area (Å²) in [6.45, 7) is 2.82. The number of aliphatic hydroxyl groups is 1. The fourth-order valence-corrected chi connectivity index (χ4v) is 3.49. The van der Waals surface area contributed by atoms with Crippen molar-refractivity contribution in [2.45, 2.75) is 25.4 Å². The highest BCUT2D eigenvalue weighted by Gasteiger charge is 2.18. The second kappa shape index (κ2) is 6.96. The van der Waals surface area contributed by atoms with Crippen LogP contribution in [-0.4, -0.2) is 30.8 Å². The minimum atomic E-state index is -0.125. The molecule has 0 saturated carbocycles. The molecule has 1 aromatic heterocycles. The van der Waals surface area contributed by atoms with Crippen molar-refractivity contribution in [3.63, 3.8) is 0 Å². The van der Waals surface area contributed by atoms with Gasteiger partial charge in [0.15, 0.2) is 0 Å². The van der Waals surface area contributed by atoms with Gasteiger partial charge in [-0.15, -0.1) is 11.3 Å². The van der Waals surface area contributed by atoms with E-state index in [1.807, 2.05) is 11.3 Å². The second-order valence-electron chi connectivity index (χ2n) is 5.49. The highest BCUT2D eigenvalue weighted by Crippen LogP contribution is 2.28. The maximum absolute atomic E-state index is 9.65. The van der Waals surface area contributed by atoms with Crippen LogP contribution in [0.15, 0.2) is 41.8 Å². The largest absolute Gasteiger partial charge is 0.393 e. The van der Waals surface area contributed by atoms with Gasteiger partial charge in [-0.25, -0.2) is 0 Å². The van der Waals surface area contributed by atoms with E-state index in [4.69, 9.17) is 0 Å². The molecule has 2 heterocycles. The number of hydrogen-bond donors (Lipinski definition) is 2. The van der Waals surface area contributed by atoms with Crippen molar-refractivity contribution < 1.29 is 5.11 Å². The van der Waals surface area contributed by atoms with E-state index in [1.165, 1.54) is 16.3 Å². The van der Waals surface area contributed by atoms with E-state index in [2.05, 4.69) is 52.0 Å². The van der Waals surface area contributed by atoms with Crippen LogP contribution in [0.1, 0.15) is 17.7 Å². The summed E-state index contributed by atoms with van der Waals surface area (Å²) >= 11 is 1.81. The Hall–Kier alpha value is -1.52. The number of benzene rings is 1. The van der Waals surface area contributed by atoms with Gasteiger partial charge in [-0.3, -0.25) is 0 Å². The molecule has 1 aliphatic rings. The summed E-state index contributed by atoms with van der Waals surface area (Å²) in [6.07, 6.45) is 2.66. The Morgan fingerprint density at radius 1 is 1.14 bits per heavy atom. The first-order chi connectivity index (χ1) is 10.3. The van der Waals surface area contributed by atoms with Gasteiger partial charge in [-0.1, -0.05) is 18.2 Å². The van der Waals surface area contributed by atoms with E-state index in [0.717, 1.165) is 38.9 Å². The smallest absolute Gasteiger partial charge is 0.0602 e. The van der Waals surface area contributed by atoms with Crippen molar-refractivity contribution in [1.82, 2.24) is 0 Å². The number of aliphatic hydroxyl groups excluding tert-OH is 1. The molecule has 2 aromatic rings. The number of rotatable bonds is 5. The number of nitrogens with one attached hydrogen (secondary N) is 1. The summed E-state index contributed by atoms with van der Waals surface area (Å²) in [5, 5.41) is 15.3. The fraction of sp³-hybridized carbons (Fsp3) is 0.412. The Balaban J connectivity index is 1.62. The van der Waals surface area contributed by atoms with E-state index in [-0.39, 0.29) is 6.10 Å². The molecular weight excluding hydrogens is 280 g/mol. The van der Waals surface area contributed by atoms with E-state index >= 15 is 0 Å². The van der Waals surface area contributed by atoms with Gasteiger partial charge in [-0.2, -0.15) is 0 Å². The Labute approximate surface area is 130 Å². The molecule has 0 spiro atoms. The van der Waals surface area contributed by atoms with Crippen molar-refractivity contribution in [2.75, 3.05) is 29.9 Å². The molecule has 3 rings (SSSR count). The quantitative estimate of drug-likeness (QED) is 0.889. The van der Waals surface area contributed by atoms with Crippen LogP contribution in [0.3, 0.4) is 0 Å². The van der Waals surface area contributed by atoms with Crippen LogP contribution < -0.4 is 10.2 Å². The summed E-state index contributed by atoms with van der Waals surface area (Å²) in [6, 6.07) is 12.8. The lowest BCUT2D eigenvalue weighted by atomic mass is 10.1. The maximum Gasteiger partial charge on any atom is 0.0602 e. The van der Waals surface area contributed by atoms with Crippen molar-refractivity contribution in [1.29, 1.82) is 0 Å². The first-order valence-corrected chi connectivity index (χ1v) is 8.49. The molecule has 1 saturated heterocycles. The van der Waals surface area contributed by atoms with Crippen LogP contribution >= 0.6 is 11.3 Å². The van der Waals surface area contributed by atoms with Crippen molar-refractivity contribution >= 4 is 22.7 Å². The number of para-hydroxylation sites is 2. The lowest BCUT2D eigenvalue weighted by molar-refractivity contribution is 0.145. The average molecular weight is 302 g/mol. The van der Waals surface area contributed by atoms with Gasteiger partial charge in [0, 0.05) is 24.5 Å². The van der Waals surface area contributed by atoms with E-state index in [9.17, 15) is 5.11 Å². The normalized spacial score (nSPS) is 16.1. The third kappa shape index (κ3) is 3.77. The molecule has 2 N–H and O–H groups in total. The maximum atomic E-state index is 9.65. The minimum Gasteiger partial charge on any atom is -0.393 e. The average Bonchev–Trinajstić information content (AvgIpc) is 3.02. The first kappa shape index (κ1) is 14.4. The molecule has 3 nitrogen and oxygen atoms in total. The molecule has 21 heavy (non-hydrogen) atoms. The van der Waals surface area contributed by atoms with Gasteiger partial charge in [0.1, 0.15) is 0 Å². The number of piperidine rings is 1. The Morgan fingerprint density at radius 3 is 2.71 bits per heavy atom. The molecule has 0 aliphatic carbocycles. The lowest BCUT2D eigenvalue weighted by Crippen LogP contribution is -2.36. The summed E-state index contributed by atoms with van der Waals surface area (Å²) < 4.78 is 0. The Bertz CT molecular complexity index is 548. The van der Waals surface area contributed by atoms with Crippen LogP contribution in [0.2, 0.25) is 0 Å². The topological polar surface area (TPSA) is 35.5 Å². The zero-order valence-corrected chi connectivity index (χ0v) is 13.0. The molecule has 1 aliphatic heterocycles. The van der Waals surface area contributed by atoms with Gasteiger partial charge in [0.2, 0.25) is 0 Å². The minimum absolute atomic E-state index is 0.125. The monoisotopic (exact) mass is 302 g/mol. The van der Waals surface area contributed by atoms with Crippen LogP contribution in [-0.2, 0) is 6.42 Å². The van der Waals surface area contributed by atoms with E-state index in [0.29, 0.717) is 0 Å². The molecule has 0 bridgehead atoms. The third-order valence-electron chi connectivity index (χ3n) is 3.98. The highest BCUT2D eigenvalue weighted by atomic mass is 32.1. The zero-order chi connectivity index (χ0) is 14.5. The molecule has 0 radical (unpaired) electrons. The predicted molar refractivity (Wildman–Crippen MR) is 90.4 cm³/mol. The van der Waals surface area contributed by atoms with E-state index < -0.39 is 0 Å². The predicted octanol–water partition coefficient (Wildman–Crippen LogP) is 3.36. The van der Waals surface area contributed by atoms with E-state index in [1.54, 1.807) is 0 Å². The molecule has 112 valence electrons. The second-order valence-corrected chi connectivity index (χ2v) is 6.52. The fourth-order valence-electron chi connectivity index (χ4n) is 2.78. The first-order valence-electron chi connectivity index (χ1n) is 7.61. The third-order valence-corrected chi connectivity index (χ3v) is 4.91. The summed E-state index contributed by atoms with van der Waals surface area (Å²) in [7, 11) is 0. The van der Waals surface area contributed by atoms with Crippen LogP contribution in [0.5, 0.6) is 0 Å². The standard InChI is InChI=1S/C17H22N2OS/c20-14-8-11-19(12-9-14)17-6-2-1-5-16(17)18-10-7-15-4-3-13-21-15/h1-6,13-14,18,20H,7-12H2. The van der Waals surface area contributed by atoms with Crippen LogP contribution in [0, 0.1) is 0 Å². The molecule has 0 atom stereocenters.